The van der Waals surface area contributed by atoms with Crippen molar-refractivity contribution < 1.29 is 4.52 Å². The normalized spacial score (nSPS) is 10.7. The predicted molar refractivity (Wildman–Crippen MR) is 77.4 cm³/mol. The Morgan fingerprint density at radius 2 is 1.94 bits per heavy atom. The second kappa shape index (κ2) is 4.59. The topological polar surface area (TPSA) is 52.0 Å². The maximum Gasteiger partial charge on any atom is 0.231 e. The van der Waals surface area contributed by atoms with Gasteiger partial charge in [-0.25, -0.2) is 0 Å². The molecule has 0 aliphatic carbocycles. The smallest absolute Gasteiger partial charge is 0.231 e. The first kappa shape index (κ1) is 11.5. The third-order valence-corrected chi connectivity index (χ3v) is 4.02. The zero-order valence-electron chi connectivity index (χ0n) is 9.26. The van der Waals surface area contributed by atoms with Gasteiger partial charge in [-0.3, -0.25) is 0 Å². The first-order valence-corrected chi connectivity index (χ1v) is 6.98. The number of aromatic nitrogens is 1. The summed E-state index contributed by atoms with van der Waals surface area (Å²) in [6, 6.07) is 11.9. The van der Waals surface area contributed by atoms with Crippen molar-refractivity contribution in [2.24, 2.45) is 0 Å². The molecular formula is C13H9BrN2OS. The maximum atomic E-state index is 5.87. The summed E-state index contributed by atoms with van der Waals surface area (Å²) in [7, 11) is 0. The van der Waals surface area contributed by atoms with Crippen molar-refractivity contribution in [3.63, 3.8) is 0 Å². The van der Waals surface area contributed by atoms with Crippen molar-refractivity contribution >= 4 is 33.2 Å². The van der Waals surface area contributed by atoms with Crippen LogP contribution in [0, 0.1) is 0 Å². The van der Waals surface area contributed by atoms with Crippen LogP contribution in [0.25, 0.3) is 21.7 Å². The lowest BCUT2D eigenvalue weighted by Gasteiger charge is -2.00. The first-order chi connectivity index (χ1) is 8.75. The number of hydrogen-bond acceptors (Lipinski definition) is 4. The van der Waals surface area contributed by atoms with Crippen molar-refractivity contribution in [3.8, 4) is 21.7 Å². The molecule has 0 saturated heterocycles. The van der Waals surface area contributed by atoms with E-state index in [0.29, 0.717) is 5.88 Å². The quantitative estimate of drug-likeness (QED) is 0.760. The van der Waals surface area contributed by atoms with Crippen molar-refractivity contribution in [2.45, 2.75) is 0 Å². The molecule has 0 radical (unpaired) electrons. The number of rotatable bonds is 2. The number of anilines is 1. The van der Waals surface area contributed by atoms with Gasteiger partial charge >= 0.3 is 0 Å². The molecule has 3 rings (SSSR count). The molecule has 2 N–H and O–H groups in total. The Balaban J connectivity index is 2.16. The van der Waals surface area contributed by atoms with Crippen LogP contribution in [0.15, 0.2) is 50.8 Å². The van der Waals surface area contributed by atoms with Gasteiger partial charge in [0.1, 0.15) is 5.69 Å². The van der Waals surface area contributed by atoms with Gasteiger partial charge < -0.3 is 10.3 Å². The van der Waals surface area contributed by atoms with Crippen LogP contribution in [-0.2, 0) is 0 Å². The van der Waals surface area contributed by atoms with Gasteiger partial charge in [-0.05, 0) is 23.6 Å². The van der Waals surface area contributed by atoms with Crippen LogP contribution in [-0.4, -0.2) is 5.16 Å². The summed E-state index contributed by atoms with van der Waals surface area (Å²) in [6.07, 6.45) is 0. The number of halogens is 1. The Bertz CT molecular complexity index is 659. The largest absolute Gasteiger partial charge is 0.367 e. The van der Waals surface area contributed by atoms with Gasteiger partial charge in [0.25, 0.3) is 0 Å². The molecule has 2 heterocycles. The van der Waals surface area contributed by atoms with Gasteiger partial charge in [-0.2, -0.15) is 0 Å². The summed E-state index contributed by atoms with van der Waals surface area (Å²) in [5.41, 5.74) is 8.50. The molecule has 0 bridgehead atoms. The van der Waals surface area contributed by atoms with Crippen LogP contribution >= 0.6 is 27.3 Å². The Hall–Kier alpha value is -1.59. The number of thiophene rings is 1. The Morgan fingerprint density at radius 1 is 1.17 bits per heavy atom. The zero-order chi connectivity index (χ0) is 12.5. The monoisotopic (exact) mass is 320 g/mol. The minimum atomic E-state index is 0.357. The van der Waals surface area contributed by atoms with E-state index in [2.05, 4.69) is 21.1 Å². The van der Waals surface area contributed by atoms with E-state index in [0.717, 1.165) is 26.2 Å². The van der Waals surface area contributed by atoms with Gasteiger partial charge in [-0.15, -0.1) is 11.3 Å². The van der Waals surface area contributed by atoms with E-state index in [1.807, 2.05) is 41.8 Å². The van der Waals surface area contributed by atoms with Crippen LogP contribution in [0.5, 0.6) is 0 Å². The van der Waals surface area contributed by atoms with E-state index in [9.17, 15) is 0 Å². The molecule has 0 atom stereocenters. The summed E-state index contributed by atoms with van der Waals surface area (Å²) in [5.74, 6) is 0.357. The summed E-state index contributed by atoms with van der Waals surface area (Å²) in [4.78, 5) is 1.06. The molecule has 3 aromatic rings. The van der Waals surface area contributed by atoms with Gasteiger partial charge in [0.05, 0.1) is 5.56 Å². The van der Waals surface area contributed by atoms with E-state index in [-0.39, 0.29) is 0 Å². The van der Waals surface area contributed by atoms with E-state index in [1.165, 1.54) is 0 Å². The number of nitrogens with zero attached hydrogens (tertiary/aromatic N) is 1. The SMILES string of the molecule is Nc1onc(-c2ccc(Br)cc2)c1-c1cccs1. The minimum Gasteiger partial charge on any atom is -0.367 e. The van der Waals surface area contributed by atoms with Crippen molar-refractivity contribution in [1.29, 1.82) is 0 Å². The van der Waals surface area contributed by atoms with E-state index in [4.69, 9.17) is 10.3 Å². The summed E-state index contributed by atoms with van der Waals surface area (Å²) < 4.78 is 6.15. The van der Waals surface area contributed by atoms with Gasteiger partial charge in [-0.1, -0.05) is 39.3 Å². The average molecular weight is 321 g/mol. The standard InChI is InChI=1S/C13H9BrN2OS/c14-9-5-3-8(4-6-9)12-11(13(15)17-16-12)10-2-1-7-18-10/h1-7H,15H2. The van der Waals surface area contributed by atoms with Crippen LogP contribution in [0.3, 0.4) is 0 Å². The minimum absolute atomic E-state index is 0.357. The second-order valence-corrected chi connectivity index (χ2v) is 5.62. The fourth-order valence-electron chi connectivity index (χ4n) is 1.77. The maximum absolute atomic E-state index is 5.87. The summed E-state index contributed by atoms with van der Waals surface area (Å²) in [5, 5.41) is 6.07. The summed E-state index contributed by atoms with van der Waals surface area (Å²) in [6.45, 7) is 0. The van der Waals surface area contributed by atoms with Gasteiger partial charge in [0, 0.05) is 14.9 Å². The highest BCUT2D eigenvalue weighted by Crippen LogP contribution is 2.38. The Morgan fingerprint density at radius 3 is 2.61 bits per heavy atom. The second-order valence-electron chi connectivity index (χ2n) is 3.75. The van der Waals surface area contributed by atoms with Crippen molar-refractivity contribution in [3.05, 3.63) is 46.3 Å². The molecule has 0 unspecified atom stereocenters. The Labute approximate surface area is 116 Å². The molecule has 0 spiro atoms. The number of nitrogen functional groups attached to an aromatic ring is 1. The first-order valence-electron chi connectivity index (χ1n) is 5.30. The highest BCUT2D eigenvalue weighted by Gasteiger charge is 2.17. The molecule has 18 heavy (non-hydrogen) atoms. The third-order valence-electron chi connectivity index (χ3n) is 2.60. The fourth-order valence-corrected chi connectivity index (χ4v) is 2.81. The highest BCUT2D eigenvalue weighted by molar-refractivity contribution is 9.10. The fraction of sp³-hybridized carbons (Fsp3) is 0. The Kier molecular flexibility index (Phi) is 2.93. The molecule has 2 aromatic heterocycles. The van der Waals surface area contributed by atoms with Crippen LogP contribution in [0.2, 0.25) is 0 Å². The highest BCUT2D eigenvalue weighted by atomic mass is 79.9. The van der Waals surface area contributed by atoms with Crippen molar-refractivity contribution in [2.75, 3.05) is 5.73 Å². The van der Waals surface area contributed by atoms with Gasteiger partial charge in [0.2, 0.25) is 5.88 Å². The van der Waals surface area contributed by atoms with E-state index < -0.39 is 0 Å². The molecule has 0 aliphatic heterocycles. The molecular weight excluding hydrogens is 312 g/mol. The predicted octanol–water partition coefficient (Wildman–Crippen LogP) is 4.41. The lowest BCUT2D eigenvalue weighted by atomic mass is 10.1. The lowest BCUT2D eigenvalue weighted by molar-refractivity contribution is 0.439. The molecule has 3 nitrogen and oxygen atoms in total. The lowest BCUT2D eigenvalue weighted by Crippen LogP contribution is -1.85. The van der Waals surface area contributed by atoms with Crippen LogP contribution < -0.4 is 5.73 Å². The molecule has 0 fully saturated rings. The molecule has 0 saturated carbocycles. The molecule has 1 aromatic carbocycles. The third kappa shape index (κ3) is 1.95. The molecule has 5 heteroatoms. The molecule has 90 valence electrons. The zero-order valence-corrected chi connectivity index (χ0v) is 11.7. The molecule has 0 aliphatic rings. The number of hydrogen-bond donors (Lipinski definition) is 1. The van der Waals surface area contributed by atoms with Crippen LogP contribution in [0.1, 0.15) is 0 Å². The average Bonchev–Trinajstić information content (AvgIpc) is 2.99. The molecule has 0 amide bonds. The van der Waals surface area contributed by atoms with E-state index >= 15 is 0 Å². The van der Waals surface area contributed by atoms with E-state index in [1.54, 1.807) is 11.3 Å². The number of benzene rings is 1. The summed E-state index contributed by atoms with van der Waals surface area (Å²) >= 11 is 5.03. The van der Waals surface area contributed by atoms with Gasteiger partial charge in [0.15, 0.2) is 0 Å². The van der Waals surface area contributed by atoms with Crippen molar-refractivity contribution in [1.82, 2.24) is 5.16 Å². The van der Waals surface area contributed by atoms with Crippen LogP contribution in [0.4, 0.5) is 5.88 Å². The number of nitrogens with two attached hydrogens (primary N) is 1.